The Morgan fingerprint density at radius 1 is 0.650 bits per heavy atom. The van der Waals surface area contributed by atoms with E-state index in [0.717, 1.165) is 50.2 Å². The van der Waals surface area contributed by atoms with E-state index in [0.29, 0.717) is 16.7 Å². The summed E-state index contributed by atoms with van der Waals surface area (Å²) in [5.74, 6) is -1.22. The van der Waals surface area contributed by atoms with Gasteiger partial charge in [0.25, 0.3) is 0 Å². The molecule has 5 aromatic carbocycles. The Balaban J connectivity index is 0.00000323. The van der Waals surface area contributed by atoms with Gasteiger partial charge in [-0.2, -0.15) is 0 Å². The monoisotopic (exact) mass is 546 g/mol. The summed E-state index contributed by atoms with van der Waals surface area (Å²) in [6.07, 6.45) is 0. The maximum atomic E-state index is 12.1. The van der Waals surface area contributed by atoms with Crippen LogP contribution in [0.5, 0.6) is 0 Å². The fourth-order valence-corrected chi connectivity index (χ4v) is 4.95. The molecule has 1 aromatic heterocycles. The molecule has 0 saturated carbocycles. The molecule has 40 heavy (non-hydrogen) atoms. The van der Waals surface area contributed by atoms with Crippen molar-refractivity contribution in [2.75, 3.05) is 10.6 Å². The number of carbonyl (C=O) groups excluding carboxylic acids is 1. The number of para-hydroxylation sites is 2. The molecular formula is C34H27ClN2O3. The van der Waals surface area contributed by atoms with Gasteiger partial charge >= 0.3 is 11.2 Å². The number of anilines is 4. The van der Waals surface area contributed by atoms with Crippen LogP contribution in [0.15, 0.2) is 114 Å². The first-order chi connectivity index (χ1) is 19.0. The molecule has 6 rings (SSSR count). The predicted molar refractivity (Wildman–Crippen MR) is 164 cm³/mol. The minimum absolute atomic E-state index is 0. The number of carboxylic acid groups (broad SMARTS) is 1. The summed E-state index contributed by atoms with van der Waals surface area (Å²) < 4.78 is 6.48. The molecule has 0 aliphatic carbocycles. The molecule has 0 spiro atoms. The standard InChI is InChI=1S/C34H26N2O3.ClH/c1-21-9-3-7-13-29(21)35-23-15-17-27-31(19-23)39-32-20-24(36-30-14-8-4-10-22(30)2)16-18-28(32)33(27)25-11-5-6-12-26(25)34(37)38;/h3-20,35-36H,1-2H3;1H. The van der Waals surface area contributed by atoms with Crippen LogP contribution in [0.25, 0.3) is 33.1 Å². The van der Waals surface area contributed by atoms with E-state index in [1.165, 1.54) is 0 Å². The number of nitrogens with one attached hydrogen (secondary N) is 2. The third kappa shape index (κ3) is 5.07. The normalized spacial score (nSPS) is 10.8. The molecule has 0 atom stereocenters. The van der Waals surface area contributed by atoms with E-state index < -0.39 is 5.97 Å². The van der Waals surface area contributed by atoms with Gasteiger partial charge in [0, 0.05) is 33.9 Å². The number of rotatable bonds is 6. The Morgan fingerprint density at radius 3 is 1.62 bits per heavy atom. The van der Waals surface area contributed by atoms with E-state index >= 15 is 0 Å². The van der Waals surface area contributed by atoms with E-state index in [2.05, 4.69) is 36.6 Å². The van der Waals surface area contributed by atoms with E-state index in [-0.39, 0.29) is 18.0 Å². The second-order valence-corrected chi connectivity index (χ2v) is 9.61. The van der Waals surface area contributed by atoms with Gasteiger partial charge in [-0.1, -0.05) is 60.7 Å². The molecule has 6 aromatic rings. The van der Waals surface area contributed by atoms with Crippen molar-refractivity contribution < 1.29 is 14.3 Å². The zero-order chi connectivity index (χ0) is 26.9. The molecule has 0 amide bonds. The molecule has 0 unspecified atom stereocenters. The second kappa shape index (κ2) is 11.1. The van der Waals surface area contributed by atoms with Gasteiger partial charge < -0.3 is 20.5 Å². The topological polar surface area (TPSA) is 75.5 Å². The highest BCUT2D eigenvalue weighted by Gasteiger charge is 2.23. The smallest absolute Gasteiger partial charge is 0.363 e. The van der Waals surface area contributed by atoms with Gasteiger partial charge in [-0.3, -0.25) is 0 Å². The van der Waals surface area contributed by atoms with Crippen LogP contribution in [0.3, 0.4) is 0 Å². The van der Waals surface area contributed by atoms with Crippen LogP contribution in [0, 0.1) is 13.8 Å². The Morgan fingerprint density at radius 2 is 1.12 bits per heavy atom. The van der Waals surface area contributed by atoms with Crippen LogP contribution in [0.2, 0.25) is 0 Å². The molecule has 0 aliphatic rings. The lowest BCUT2D eigenvalue weighted by Crippen LogP contribution is -2.23. The number of fused-ring (bicyclic) bond motifs is 2. The Bertz CT molecular complexity index is 1780. The number of benzene rings is 5. The number of hydrogen-bond acceptors (Lipinski definition) is 4. The summed E-state index contributed by atoms with van der Waals surface area (Å²) in [7, 11) is 0. The number of halogens is 1. The molecule has 2 N–H and O–H groups in total. The van der Waals surface area contributed by atoms with Gasteiger partial charge in [-0.15, -0.1) is 12.4 Å². The van der Waals surface area contributed by atoms with Crippen molar-refractivity contribution >= 4 is 63.1 Å². The van der Waals surface area contributed by atoms with E-state index in [4.69, 9.17) is 4.42 Å². The van der Waals surface area contributed by atoms with E-state index in [1.54, 1.807) is 12.1 Å². The number of carboxylic acids is 1. The summed E-state index contributed by atoms with van der Waals surface area (Å²) in [6, 6.07) is 34.9. The first kappa shape index (κ1) is 26.7. The Kier molecular flexibility index (Phi) is 7.41. The van der Waals surface area contributed by atoms with Gasteiger partial charge in [-0.25, -0.2) is 4.42 Å². The van der Waals surface area contributed by atoms with Crippen LogP contribution in [0.1, 0.15) is 21.5 Å². The molecule has 5 nitrogen and oxygen atoms in total. The molecule has 0 aliphatic heterocycles. The summed E-state index contributed by atoms with van der Waals surface area (Å²) >= 11 is 0. The maximum absolute atomic E-state index is 12.1. The van der Waals surface area contributed by atoms with E-state index in [1.807, 2.05) is 84.9 Å². The van der Waals surface area contributed by atoms with Crippen molar-refractivity contribution in [3.8, 4) is 11.1 Å². The van der Waals surface area contributed by atoms with Crippen molar-refractivity contribution in [3.05, 3.63) is 126 Å². The quantitative estimate of drug-likeness (QED) is 0.162. The summed E-state index contributed by atoms with van der Waals surface area (Å²) in [5.41, 5.74) is 8.78. The van der Waals surface area contributed by atoms with Crippen molar-refractivity contribution in [1.29, 1.82) is 0 Å². The molecule has 1 heterocycles. The zero-order valence-electron chi connectivity index (χ0n) is 22.0. The van der Waals surface area contributed by atoms with Crippen molar-refractivity contribution in [1.82, 2.24) is 0 Å². The fourth-order valence-electron chi connectivity index (χ4n) is 4.95. The Labute approximate surface area is 238 Å². The molecule has 0 saturated heterocycles. The summed E-state index contributed by atoms with van der Waals surface area (Å²) in [6.45, 7) is 4.11. The third-order valence-electron chi connectivity index (χ3n) is 6.99. The molecule has 198 valence electrons. The fraction of sp³-hybridized carbons (Fsp3) is 0.0588. The van der Waals surface area contributed by atoms with Crippen LogP contribution >= 0.6 is 12.4 Å². The number of aromatic carboxylic acids is 1. The maximum Gasteiger partial charge on any atom is 0.363 e. The largest absolute Gasteiger partial charge is 0.545 e. The predicted octanol–water partition coefficient (Wildman–Crippen LogP) is 8.42. The highest BCUT2D eigenvalue weighted by atomic mass is 35.5. The molecule has 0 radical (unpaired) electrons. The highest BCUT2D eigenvalue weighted by molar-refractivity contribution is 6.12. The van der Waals surface area contributed by atoms with Gasteiger partial charge in [0.15, 0.2) is 0 Å². The Hall–Kier alpha value is -4.87. The number of carbonyl (C=O) groups is 1. The lowest BCUT2D eigenvalue weighted by atomic mass is 9.93. The lowest BCUT2D eigenvalue weighted by molar-refractivity contribution is -0.254. The van der Waals surface area contributed by atoms with Crippen LogP contribution < -0.4 is 15.7 Å². The van der Waals surface area contributed by atoms with E-state index in [9.17, 15) is 9.90 Å². The van der Waals surface area contributed by atoms with Gasteiger partial charge in [0.2, 0.25) is 0 Å². The average Bonchev–Trinajstić information content (AvgIpc) is 2.94. The van der Waals surface area contributed by atoms with Gasteiger partial charge in [0.1, 0.15) is 0 Å². The first-order valence-corrected chi connectivity index (χ1v) is 12.8. The third-order valence-corrected chi connectivity index (χ3v) is 6.99. The van der Waals surface area contributed by atoms with Crippen LogP contribution in [-0.4, -0.2) is 5.97 Å². The van der Waals surface area contributed by atoms with Crippen molar-refractivity contribution in [2.45, 2.75) is 13.8 Å². The number of hydrogen-bond donors (Lipinski definition) is 2. The minimum atomic E-state index is -1.22. The SMILES string of the molecule is Cc1ccccc1Nc1ccc2c(-c3ccccc3C(=O)[O-])c3ccc(Nc4ccccc4C)cc3[o+]c2c1.Cl. The zero-order valence-corrected chi connectivity index (χ0v) is 22.8. The van der Waals surface area contributed by atoms with Gasteiger partial charge in [0.05, 0.1) is 28.9 Å². The van der Waals surface area contributed by atoms with Crippen LogP contribution in [-0.2, 0) is 0 Å². The summed E-state index contributed by atoms with van der Waals surface area (Å²) in [5, 5.41) is 20.7. The molecule has 0 bridgehead atoms. The highest BCUT2D eigenvalue weighted by Crippen LogP contribution is 2.40. The van der Waals surface area contributed by atoms with Crippen molar-refractivity contribution in [2.24, 2.45) is 0 Å². The minimum Gasteiger partial charge on any atom is -0.545 e. The lowest BCUT2D eigenvalue weighted by Gasteiger charge is -2.14. The molecular weight excluding hydrogens is 520 g/mol. The molecule has 0 fully saturated rings. The number of aryl methyl sites for hydroxylation is 2. The average molecular weight is 547 g/mol. The second-order valence-electron chi connectivity index (χ2n) is 9.61. The van der Waals surface area contributed by atoms with Crippen LogP contribution in [0.4, 0.5) is 22.7 Å². The molecule has 6 heteroatoms. The van der Waals surface area contributed by atoms with Crippen molar-refractivity contribution in [3.63, 3.8) is 0 Å². The first-order valence-electron chi connectivity index (χ1n) is 12.8. The van der Waals surface area contributed by atoms with Gasteiger partial charge in [-0.05, 0) is 66.9 Å². The summed E-state index contributed by atoms with van der Waals surface area (Å²) in [4.78, 5) is 12.1.